The highest BCUT2D eigenvalue weighted by Gasteiger charge is 2.30. The van der Waals surface area contributed by atoms with Gasteiger partial charge in [0.05, 0.1) is 17.8 Å². The highest BCUT2D eigenvalue weighted by atomic mass is 19.4. The number of unbranched alkanes of at least 4 members (excludes halogenated alkanes) is 1. The molecule has 1 N–H and O–H groups in total. The number of nitrogens with one attached hydrogen (secondary N) is 1. The van der Waals surface area contributed by atoms with E-state index in [1.807, 2.05) is 44.1 Å². The zero-order valence-electron chi connectivity index (χ0n) is 21.1. The summed E-state index contributed by atoms with van der Waals surface area (Å²) in [5.41, 5.74) is 1.36. The first-order valence-corrected chi connectivity index (χ1v) is 11.7. The number of rotatable bonds is 13. The molecule has 198 valence electrons. The molecule has 0 saturated carbocycles. The number of alkyl halides is 3. The van der Waals surface area contributed by atoms with Gasteiger partial charge in [0.25, 0.3) is 0 Å². The van der Waals surface area contributed by atoms with Crippen molar-refractivity contribution in [2.75, 3.05) is 41.0 Å². The van der Waals surface area contributed by atoms with Crippen molar-refractivity contribution in [1.82, 2.24) is 10.2 Å². The van der Waals surface area contributed by atoms with Crippen LogP contribution in [0.2, 0.25) is 0 Å². The second-order valence-corrected chi connectivity index (χ2v) is 8.42. The lowest BCUT2D eigenvalue weighted by Gasteiger charge is -2.20. The number of hydrogen-bond acceptors (Lipinski definition) is 6. The van der Waals surface area contributed by atoms with E-state index < -0.39 is 17.8 Å². The molecule has 1 amide bonds. The monoisotopic (exact) mass is 509 g/mol. The molecule has 0 aliphatic rings. The molecule has 36 heavy (non-hydrogen) atoms. The van der Waals surface area contributed by atoms with Gasteiger partial charge in [-0.1, -0.05) is 29.4 Å². The van der Waals surface area contributed by atoms with Crippen LogP contribution in [0.25, 0.3) is 0 Å². The SMILES string of the molecule is COCCCC/C(=N\OCCNC(=O)Oc1cccc(C(C)N(C)C)c1)c1ccc(C(F)(F)F)cc1. The van der Waals surface area contributed by atoms with E-state index in [2.05, 4.69) is 10.5 Å². The van der Waals surface area contributed by atoms with Crippen LogP contribution in [0.5, 0.6) is 5.75 Å². The van der Waals surface area contributed by atoms with Crippen molar-refractivity contribution in [3.05, 3.63) is 65.2 Å². The Morgan fingerprint density at radius 3 is 2.44 bits per heavy atom. The van der Waals surface area contributed by atoms with Crippen LogP contribution in [0.1, 0.15) is 48.9 Å². The van der Waals surface area contributed by atoms with E-state index in [-0.39, 0.29) is 19.2 Å². The average molecular weight is 510 g/mol. The smallest absolute Gasteiger partial charge is 0.410 e. The molecule has 1 unspecified atom stereocenters. The number of ether oxygens (including phenoxy) is 2. The van der Waals surface area contributed by atoms with Gasteiger partial charge in [-0.3, -0.25) is 0 Å². The number of benzene rings is 2. The second kappa shape index (κ2) is 14.4. The summed E-state index contributed by atoms with van der Waals surface area (Å²) in [6.45, 7) is 2.83. The van der Waals surface area contributed by atoms with Crippen molar-refractivity contribution in [1.29, 1.82) is 0 Å². The highest BCUT2D eigenvalue weighted by Crippen LogP contribution is 2.29. The minimum Gasteiger partial charge on any atom is -0.410 e. The van der Waals surface area contributed by atoms with E-state index in [1.165, 1.54) is 12.1 Å². The third kappa shape index (κ3) is 9.87. The van der Waals surface area contributed by atoms with Crippen LogP contribution in [-0.4, -0.2) is 57.7 Å². The molecule has 0 spiro atoms. The van der Waals surface area contributed by atoms with Crippen LogP contribution in [0.15, 0.2) is 53.7 Å². The lowest BCUT2D eigenvalue weighted by atomic mass is 10.0. The van der Waals surface area contributed by atoms with E-state index in [0.717, 1.165) is 30.5 Å². The zero-order chi connectivity index (χ0) is 26.6. The third-order valence-electron chi connectivity index (χ3n) is 5.52. The summed E-state index contributed by atoms with van der Waals surface area (Å²) in [7, 11) is 5.54. The Labute approximate surface area is 210 Å². The molecule has 0 saturated heterocycles. The van der Waals surface area contributed by atoms with Crippen molar-refractivity contribution < 1.29 is 32.3 Å². The molecule has 2 aromatic carbocycles. The summed E-state index contributed by atoms with van der Waals surface area (Å²) in [5, 5.41) is 6.70. The third-order valence-corrected chi connectivity index (χ3v) is 5.52. The minimum atomic E-state index is -4.41. The summed E-state index contributed by atoms with van der Waals surface area (Å²) in [6, 6.07) is 12.3. The molecular weight excluding hydrogens is 475 g/mol. The molecule has 7 nitrogen and oxygen atoms in total. The number of carbonyl (C=O) groups excluding carboxylic acids is 1. The van der Waals surface area contributed by atoms with Crippen LogP contribution >= 0.6 is 0 Å². The molecule has 1 atom stereocenters. The molecule has 0 aliphatic heterocycles. The van der Waals surface area contributed by atoms with Crippen molar-refractivity contribution in [3.63, 3.8) is 0 Å². The molecule has 0 fully saturated rings. The quantitative estimate of drug-likeness (QED) is 0.215. The normalized spacial score (nSPS) is 12.9. The summed E-state index contributed by atoms with van der Waals surface area (Å²) in [5.74, 6) is 0.429. The molecule has 0 aliphatic carbocycles. The fourth-order valence-corrected chi connectivity index (χ4v) is 3.23. The molecular formula is C26H34F3N3O4. The number of nitrogens with zero attached hydrogens (tertiary/aromatic N) is 2. The number of amides is 1. The van der Waals surface area contributed by atoms with E-state index in [9.17, 15) is 18.0 Å². The summed E-state index contributed by atoms with van der Waals surface area (Å²) in [6.07, 6.45) is -3.02. The fraction of sp³-hybridized carbons (Fsp3) is 0.462. The van der Waals surface area contributed by atoms with E-state index in [1.54, 1.807) is 13.2 Å². The Hall–Kier alpha value is -3.11. The van der Waals surface area contributed by atoms with Gasteiger partial charge in [-0.2, -0.15) is 13.2 Å². The first-order chi connectivity index (χ1) is 17.1. The Morgan fingerprint density at radius 1 is 1.08 bits per heavy atom. The summed E-state index contributed by atoms with van der Waals surface area (Å²) >= 11 is 0. The Morgan fingerprint density at radius 2 is 1.81 bits per heavy atom. The lowest BCUT2D eigenvalue weighted by molar-refractivity contribution is -0.137. The Balaban J connectivity index is 1.89. The van der Waals surface area contributed by atoms with E-state index in [4.69, 9.17) is 14.3 Å². The summed E-state index contributed by atoms with van der Waals surface area (Å²) in [4.78, 5) is 19.5. The average Bonchev–Trinajstić information content (AvgIpc) is 2.84. The van der Waals surface area contributed by atoms with Crippen LogP contribution in [0, 0.1) is 0 Å². The van der Waals surface area contributed by atoms with E-state index in [0.29, 0.717) is 30.1 Å². The van der Waals surface area contributed by atoms with Crippen molar-refractivity contribution in [2.24, 2.45) is 5.16 Å². The van der Waals surface area contributed by atoms with Gasteiger partial charge in [-0.15, -0.1) is 0 Å². The molecule has 0 heterocycles. The number of carbonyl (C=O) groups is 1. The van der Waals surface area contributed by atoms with Gasteiger partial charge < -0.3 is 24.5 Å². The second-order valence-electron chi connectivity index (χ2n) is 8.42. The highest BCUT2D eigenvalue weighted by molar-refractivity contribution is 6.00. The van der Waals surface area contributed by atoms with Crippen molar-refractivity contribution in [3.8, 4) is 5.75 Å². The van der Waals surface area contributed by atoms with Gasteiger partial charge >= 0.3 is 12.3 Å². The van der Waals surface area contributed by atoms with Crippen molar-refractivity contribution in [2.45, 2.75) is 38.4 Å². The fourth-order valence-electron chi connectivity index (χ4n) is 3.23. The number of halogens is 3. The number of hydrogen-bond donors (Lipinski definition) is 1. The predicted octanol–water partition coefficient (Wildman–Crippen LogP) is 5.65. The van der Waals surface area contributed by atoms with Gasteiger partial charge in [0.2, 0.25) is 0 Å². The van der Waals surface area contributed by atoms with Gasteiger partial charge in [-0.25, -0.2) is 4.79 Å². The van der Waals surface area contributed by atoms with Gasteiger partial charge in [0.15, 0.2) is 0 Å². The molecule has 0 aromatic heterocycles. The van der Waals surface area contributed by atoms with E-state index >= 15 is 0 Å². The first kappa shape index (κ1) is 29.1. The van der Waals surface area contributed by atoms with Gasteiger partial charge in [-0.05, 0) is 75.7 Å². The first-order valence-electron chi connectivity index (χ1n) is 11.7. The zero-order valence-corrected chi connectivity index (χ0v) is 21.1. The minimum absolute atomic E-state index is 0.0645. The maximum Gasteiger partial charge on any atom is 0.416 e. The van der Waals surface area contributed by atoms with Gasteiger partial charge in [0, 0.05) is 19.8 Å². The largest absolute Gasteiger partial charge is 0.416 e. The van der Waals surface area contributed by atoms with Crippen LogP contribution in [0.4, 0.5) is 18.0 Å². The predicted molar refractivity (Wildman–Crippen MR) is 132 cm³/mol. The molecule has 0 radical (unpaired) electrons. The van der Waals surface area contributed by atoms with Crippen LogP contribution in [-0.2, 0) is 15.8 Å². The molecule has 10 heteroatoms. The number of oxime groups is 1. The molecule has 2 aromatic rings. The standard InChI is InChI=1S/C26H34F3N3O4/c1-19(32(2)3)21-8-7-9-23(18-21)36-25(33)30-15-17-35-31-24(10-5-6-16-34-4)20-11-13-22(14-12-20)26(27,28)29/h7-9,11-14,18-19H,5-6,10,15-17H2,1-4H3,(H,30,33)/b31-24+. The topological polar surface area (TPSA) is 72.4 Å². The maximum atomic E-state index is 12.9. The Bertz CT molecular complexity index is 979. The maximum absolute atomic E-state index is 12.9. The molecule has 0 bridgehead atoms. The van der Waals surface area contributed by atoms with Crippen LogP contribution in [0.3, 0.4) is 0 Å². The van der Waals surface area contributed by atoms with Gasteiger partial charge in [0.1, 0.15) is 12.4 Å². The Kier molecular flexibility index (Phi) is 11.7. The van der Waals surface area contributed by atoms with Crippen molar-refractivity contribution >= 4 is 11.8 Å². The summed E-state index contributed by atoms with van der Waals surface area (Å²) < 4.78 is 49.0. The number of methoxy groups -OCH3 is 1. The van der Waals surface area contributed by atoms with Crippen LogP contribution < -0.4 is 10.1 Å². The lowest BCUT2D eigenvalue weighted by Crippen LogP contribution is -2.29. The molecule has 2 rings (SSSR count).